The van der Waals surface area contributed by atoms with E-state index < -0.39 is 6.04 Å². The van der Waals surface area contributed by atoms with E-state index in [-0.39, 0.29) is 47.8 Å². The quantitative estimate of drug-likeness (QED) is 0.189. The van der Waals surface area contributed by atoms with Crippen LogP contribution in [0.5, 0.6) is 0 Å². The summed E-state index contributed by atoms with van der Waals surface area (Å²) in [6.45, 7) is 9.83. The Morgan fingerprint density at radius 3 is 2.43 bits per heavy atom. The number of likely N-dealkylation sites (N-methyl/N-ethyl adjacent to an activating group) is 1. The molecule has 1 saturated heterocycles. The van der Waals surface area contributed by atoms with Crippen molar-refractivity contribution in [2.24, 2.45) is 0 Å². The van der Waals surface area contributed by atoms with Crippen LogP contribution in [0.25, 0.3) is 0 Å². The fourth-order valence-electron chi connectivity index (χ4n) is 7.73. The molecular formula is C38H53ClF2N2O3. The van der Waals surface area contributed by atoms with E-state index in [1.54, 1.807) is 12.1 Å². The van der Waals surface area contributed by atoms with E-state index in [4.69, 9.17) is 21.1 Å². The number of ether oxygens (including phenoxy) is 2. The number of halogens is 3. The van der Waals surface area contributed by atoms with Gasteiger partial charge in [0.15, 0.2) is 0 Å². The fourth-order valence-corrected chi connectivity index (χ4v) is 7.96. The molecule has 2 saturated carbocycles. The predicted octanol–water partition coefficient (Wildman–Crippen LogP) is 9.11. The van der Waals surface area contributed by atoms with Crippen LogP contribution in [0.2, 0.25) is 5.02 Å². The van der Waals surface area contributed by atoms with Crippen molar-refractivity contribution in [3.05, 3.63) is 69.2 Å². The van der Waals surface area contributed by atoms with Gasteiger partial charge in [0.1, 0.15) is 17.7 Å². The molecule has 2 aromatic carbocycles. The number of carbonyl (C=O) groups excluding carboxylic acids is 1. The van der Waals surface area contributed by atoms with Crippen LogP contribution in [0.15, 0.2) is 30.3 Å². The second kappa shape index (κ2) is 15.9. The van der Waals surface area contributed by atoms with Crippen LogP contribution in [0.4, 0.5) is 8.78 Å². The van der Waals surface area contributed by atoms with Crippen LogP contribution in [0, 0.1) is 18.6 Å². The largest absolute Gasteiger partial charge is 0.465 e. The Morgan fingerprint density at radius 2 is 1.78 bits per heavy atom. The van der Waals surface area contributed by atoms with Crippen LogP contribution in [0.3, 0.4) is 0 Å². The molecule has 8 heteroatoms. The highest BCUT2D eigenvalue weighted by Crippen LogP contribution is 2.45. The molecular weight excluding hydrogens is 606 g/mol. The molecule has 46 heavy (non-hydrogen) atoms. The maximum atomic E-state index is 15.2. The first-order valence-electron chi connectivity index (χ1n) is 17.6. The zero-order valence-electron chi connectivity index (χ0n) is 28.3. The molecule has 3 aliphatic rings. The average Bonchev–Trinajstić information content (AvgIpc) is 3.76. The number of piperidine rings is 1. The molecule has 0 N–H and O–H groups in total. The number of carbonyl (C=O) groups is 1. The molecule has 2 atom stereocenters. The highest BCUT2D eigenvalue weighted by molar-refractivity contribution is 6.30. The summed E-state index contributed by atoms with van der Waals surface area (Å²) in [5.41, 5.74) is 3.32. The van der Waals surface area contributed by atoms with Crippen LogP contribution < -0.4 is 0 Å². The lowest BCUT2D eigenvalue weighted by Crippen LogP contribution is -2.36. The Kier molecular flexibility index (Phi) is 12.2. The zero-order valence-corrected chi connectivity index (χ0v) is 29.0. The smallest absolute Gasteiger partial charge is 0.328 e. The van der Waals surface area contributed by atoms with Gasteiger partial charge in [-0.25, -0.2) is 13.6 Å². The summed E-state index contributed by atoms with van der Waals surface area (Å²) in [6, 6.07) is 7.43. The summed E-state index contributed by atoms with van der Waals surface area (Å²) < 4.78 is 41.7. The second-order valence-corrected chi connectivity index (χ2v) is 14.7. The third kappa shape index (κ3) is 9.09. The lowest BCUT2D eigenvalue weighted by molar-refractivity contribution is -0.149. The molecule has 1 aliphatic heterocycles. The highest BCUT2D eigenvalue weighted by atomic mass is 35.5. The van der Waals surface area contributed by atoms with Crippen LogP contribution in [0.1, 0.15) is 125 Å². The molecule has 3 fully saturated rings. The van der Waals surface area contributed by atoms with E-state index in [1.165, 1.54) is 31.4 Å². The number of rotatable bonds is 14. The van der Waals surface area contributed by atoms with Gasteiger partial charge in [0, 0.05) is 5.02 Å². The van der Waals surface area contributed by atoms with Gasteiger partial charge in [-0.05, 0) is 177 Å². The van der Waals surface area contributed by atoms with Crippen molar-refractivity contribution in [3.63, 3.8) is 0 Å². The van der Waals surface area contributed by atoms with Crippen molar-refractivity contribution in [3.8, 4) is 0 Å². The molecule has 1 unspecified atom stereocenters. The van der Waals surface area contributed by atoms with Gasteiger partial charge < -0.3 is 14.4 Å². The minimum atomic E-state index is -0.674. The normalized spacial score (nSPS) is 22.9. The lowest BCUT2D eigenvalue weighted by atomic mass is 9.77. The molecule has 254 valence electrons. The molecule has 0 amide bonds. The van der Waals surface area contributed by atoms with E-state index in [1.807, 2.05) is 31.9 Å². The first-order chi connectivity index (χ1) is 22.1. The van der Waals surface area contributed by atoms with E-state index in [2.05, 4.69) is 11.8 Å². The minimum Gasteiger partial charge on any atom is -0.465 e. The number of hydrogen-bond donors (Lipinski definition) is 0. The molecule has 1 heterocycles. The molecule has 5 nitrogen and oxygen atoms in total. The van der Waals surface area contributed by atoms with Gasteiger partial charge in [0.25, 0.3) is 0 Å². The summed E-state index contributed by atoms with van der Waals surface area (Å²) in [5, 5.41) is 0.397. The standard InChI is InChI=1S/C38H53ClF2N2O3/c1-5-45-37(44)36(33-13-14-34(41)26(2)35(33)28-9-11-32(12-10-28)46-38(3)17-18-38)42(4)21-15-27(16-22-43-19-7-6-8-20-43)29-23-30(39)25-31(40)24-29/h13-14,23-25,27-28,32,36H,5-12,15-22H2,1-4H3/t27-,28?,32?,36?/m1/s1. The van der Waals surface area contributed by atoms with Gasteiger partial charge in [-0.2, -0.15) is 0 Å². The Hall–Kier alpha value is -2.06. The van der Waals surface area contributed by atoms with Crippen LogP contribution in [-0.4, -0.2) is 67.3 Å². The van der Waals surface area contributed by atoms with Gasteiger partial charge >= 0.3 is 5.97 Å². The SMILES string of the molecule is CCOC(=O)C(c1ccc(F)c(C)c1C1CCC(OC2(C)CC2)CC1)N(C)CC[C@H](CCN1CCCCC1)c1cc(F)cc(Cl)c1. The number of esters is 1. The van der Waals surface area contributed by atoms with Crippen LogP contribution in [-0.2, 0) is 14.3 Å². The van der Waals surface area contributed by atoms with Crippen molar-refractivity contribution in [1.29, 1.82) is 0 Å². The summed E-state index contributed by atoms with van der Waals surface area (Å²) >= 11 is 6.31. The summed E-state index contributed by atoms with van der Waals surface area (Å²) in [4.78, 5) is 18.3. The Labute approximate surface area is 280 Å². The van der Waals surface area contributed by atoms with Crippen molar-refractivity contribution in [2.75, 3.05) is 39.8 Å². The van der Waals surface area contributed by atoms with E-state index in [0.29, 0.717) is 17.1 Å². The second-order valence-electron chi connectivity index (χ2n) is 14.2. The summed E-state index contributed by atoms with van der Waals surface area (Å²) in [7, 11) is 1.95. The first-order valence-corrected chi connectivity index (χ1v) is 18.0. The van der Waals surface area contributed by atoms with Gasteiger partial charge in [0.05, 0.1) is 18.3 Å². The van der Waals surface area contributed by atoms with Crippen molar-refractivity contribution in [2.45, 2.75) is 121 Å². The predicted molar refractivity (Wildman–Crippen MR) is 181 cm³/mol. The number of nitrogens with zero attached hydrogens (tertiary/aromatic N) is 2. The highest BCUT2D eigenvalue weighted by Gasteiger charge is 2.42. The van der Waals surface area contributed by atoms with Gasteiger partial charge in [-0.15, -0.1) is 0 Å². The first kappa shape index (κ1) is 35.3. The average molecular weight is 659 g/mol. The Morgan fingerprint density at radius 1 is 1.07 bits per heavy atom. The molecule has 0 aromatic heterocycles. The number of likely N-dealkylation sites (tertiary alicyclic amines) is 1. The zero-order chi connectivity index (χ0) is 32.8. The Bertz CT molecular complexity index is 1300. The molecule has 0 bridgehead atoms. The monoisotopic (exact) mass is 658 g/mol. The molecule has 0 spiro atoms. The molecule has 0 radical (unpaired) electrons. The van der Waals surface area contributed by atoms with Gasteiger partial charge in [-0.1, -0.05) is 24.1 Å². The third-order valence-electron chi connectivity index (χ3n) is 10.6. The van der Waals surface area contributed by atoms with Crippen LogP contribution >= 0.6 is 11.6 Å². The molecule has 5 rings (SSSR count). The fraction of sp³-hybridized carbons (Fsp3) is 0.658. The maximum Gasteiger partial charge on any atom is 0.328 e. The topological polar surface area (TPSA) is 42.0 Å². The molecule has 2 aliphatic carbocycles. The third-order valence-corrected chi connectivity index (χ3v) is 10.9. The Balaban J connectivity index is 1.36. The number of hydrogen-bond acceptors (Lipinski definition) is 5. The maximum absolute atomic E-state index is 15.2. The minimum absolute atomic E-state index is 0.0393. The van der Waals surface area contributed by atoms with Crippen molar-refractivity contribution >= 4 is 17.6 Å². The lowest BCUT2D eigenvalue weighted by Gasteiger charge is -2.35. The van der Waals surface area contributed by atoms with Crippen molar-refractivity contribution < 1.29 is 23.0 Å². The molecule has 2 aromatic rings. The van der Waals surface area contributed by atoms with E-state index >= 15 is 4.39 Å². The van der Waals surface area contributed by atoms with Crippen molar-refractivity contribution in [1.82, 2.24) is 9.80 Å². The van der Waals surface area contributed by atoms with E-state index in [0.717, 1.165) is 87.7 Å². The van der Waals surface area contributed by atoms with Gasteiger partial charge in [0.2, 0.25) is 0 Å². The summed E-state index contributed by atoms with van der Waals surface area (Å²) in [5.74, 6) is -0.683. The number of benzene rings is 2. The summed E-state index contributed by atoms with van der Waals surface area (Å²) in [6.07, 6.45) is 11.5. The van der Waals surface area contributed by atoms with Gasteiger partial charge in [-0.3, -0.25) is 4.90 Å². The van der Waals surface area contributed by atoms with E-state index in [9.17, 15) is 9.18 Å².